The van der Waals surface area contributed by atoms with Crippen molar-refractivity contribution in [2.45, 2.75) is 0 Å². The minimum Gasteiger partial charge on any atom is -0.309 e. The lowest BCUT2D eigenvalue weighted by atomic mass is 9.97. The molecule has 8 aromatic carbocycles. The van der Waals surface area contributed by atoms with E-state index in [1.165, 1.54) is 82.7 Å². The number of aromatic nitrogens is 2. The molecule has 0 atom stereocenters. The van der Waals surface area contributed by atoms with Crippen molar-refractivity contribution in [1.29, 1.82) is 0 Å². The molecule has 0 bridgehead atoms. The molecule has 2 nitrogen and oxygen atoms in total. The van der Waals surface area contributed by atoms with Gasteiger partial charge in [0.2, 0.25) is 0 Å². The third-order valence-corrected chi connectivity index (χ3v) is 10.1. The van der Waals surface area contributed by atoms with E-state index < -0.39 is 0 Å². The molecule has 0 fully saturated rings. The maximum absolute atomic E-state index is 2.44. The SMILES string of the molecule is c1ccc(-c2ccc(-n3c4ccccc4c4cc(-c5ccc(-n6c7ccccc7c7ccccc76)cc5)ccc43)c(-c3ccccc3)c2)cc1. The molecule has 0 aliphatic rings. The van der Waals surface area contributed by atoms with Gasteiger partial charge in [0, 0.05) is 32.8 Å². The summed E-state index contributed by atoms with van der Waals surface area (Å²) in [6.45, 7) is 0. The monoisotopic (exact) mass is 636 g/mol. The van der Waals surface area contributed by atoms with Gasteiger partial charge in [-0.3, -0.25) is 0 Å². The summed E-state index contributed by atoms with van der Waals surface area (Å²) in [4.78, 5) is 0. The maximum Gasteiger partial charge on any atom is 0.0541 e. The van der Waals surface area contributed by atoms with Gasteiger partial charge in [0.05, 0.1) is 27.8 Å². The predicted molar refractivity (Wildman–Crippen MR) is 211 cm³/mol. The van der Waals surface area contributed by atoms with Gasteiger partial charge in [0.25, 0.3) is 0 Å². The molecule has 0 unspecified atom stereocenters. The van der Waals surface area contributed by atoms with Crippen molar-refractivity contribution < 1.29 is 0 Å². The van der Waals surface area contributed by atoms with Gasteiger partial charge in [0.1, 0.15) is 0 Å². The van der Waals surface area contributed by atoms with Gasteiger partial charge in [-0.25, -0.2) is 0 Å². The Kier molecular flexibility index (Phi) is 6.53. The summed E-state index contributed by atoms with van der Waals surface area (Å²) in [5, 5.41) is 5.05. The van der Waals surface area contributed by atoms with Crippen LogP contribution in [0.4, 0.5) is 0 Å². The first kappa shape index (κ1) is 28.4. The highest BCUT2D eigenvalue weighted by molar-refractivity contribution is 6.11. The summed E-state index contributed by atoms with van der Waals surface area (Å²) in [6.07, 6.45) is 0. The lowest BCUT2D eigenvalue weighted by Gasteiger charge is -2.16. The third kappa shape index (κ3) is 4.50. The van der Waals surface area contributed by atoms with Crippen LogP contribution in [0.15, 0.2) is 194 Å². The Morgan fingerprint density at radius 1 is 0.260 bits per heavy atom. The van der Waals surface area contributed by atoms with Gasteiger partial charge in [-0.1, -0.05) is 140 Å². The van der Waals surface area contributed by atoms with E-state index in [-0.39, 0.29) is 0 Å². The smallest absolute Gasteiger partial charge is 0.0541 e. The Morgan fingerprint density at radius 2 is 0.700 bits per heavy atom. The maximum atomic E-state index is 2.44. The van der Waals surface area contributed by atoms with Crippen molar-refractivity contribution in [1.82, 2.24) is 9.13 Å². The largest absolute Gasteiger partial charge is 0.309 e. The Labute approximate surface area is 290 Å². The van der Waals surface area contributed by atoms with Gasteiger partial charge in [0.15, 0.2) is 0 Å². The number of rotatable bonds is 5. The molecular formula is C48H32N2. The summed E-state index contributed by atoms with van der Waals surface area (Å²) in [6, 6.07) is 70.4. The van der Waals surface area contributed by atoms with E-state index in [2.05, 4.69) is 203 Å². The van der Waals surface area contributed by atoms with E-state index in [9.17, 15) is 0 Å². The first-order valence-electron chi connectivity index (χ1n) is 17.2. The van der Waals surface area contributed by atoms with E-state index in [0.717, 1.165) is 5.69 Å². The van der Waals surface area contributed by atoms with Crippen LogP contribution in [0.5, 0.6) is 0 Å². The molecule has 0 saturated carbocycles. The summed E-state index contributed by atoms with van der Waals surface area (Å²) < 4.78 is 4.82. The first-order chi connectivity index (χ1) is 24.8. The van der Waals surface area contributed by atoms with E-state index in [1.54, 1.807) is 0 Å². The highest BCUT2D eigenvalue weighted by Crippen LogP contribution is 2.40. The van der Waals surface area contributed by atoms with Crippen molar-refractivity contribution in [3.8, 4) is 44.8 Å². The Balaban J connectivity index is 1.12. The van der Waals surface area contributed by atoms with Crippen LogP contribution < -0.4 is 0 Å². The number of para-hydroxylation sites is 3. The van der Waals surface area contributed by atoms with Crippen LogP contribution >= 0.6 is 0 Å². The molecule has 10 aromatic rings. The summed E-state index contributed by atoms with van der Waals surface area (Å²) in [5.41, 5.74) is 14.4. The molecule has 50 heavy (non-hydrogen) atoms. The molecule has 0 spiro atoms. The molecular weight excluding hydrogens is 605 g/mol. The molecule has 0 aliphatic carbocycles. The van der Waals surface area contributed by atoms with Crippen LogP contribution in [-0.4, -0.2) is 9.13 Å². The van der Waals surface area contributed by atoms with Gasteiger partial charge < -0.3 is 9.13 Å². The van der Waals surface area contributed by atoms with Crippen LogP contribution in [0.1, 0.15) is 0 Å². The van der Waals surface area contributed by atoms with Gasteiger partial charge in [-0.2, -0.15) is 0 Å². The fourth-order valence-electron chi connectivity index (χ4n) is 7.81. The molecule has 234 valence electrons. The second-order valence-corrected chi connectivity index (χ2v) is 13.0. The molecule has 2 heterocycles. The molecule has 0 amide bonds. The molecule has 2 aromatic heterocycles. The molecule has 10 rings (SSSR count). The quantitative estimate of drug-likeness (QED) is 0.178. The van der Waals surface area contributed by atoms with Crippen molar-refractivity contribution in [3.05, 3.63) is 194 Å². The van der Waals surface area contributed by atoms with Crippen LogP contribution in [0.25, 0.3) is 88.4 Å². The zero-order valence-electron chi connectivity index (χ0n) is 27.4. The number of hydrogen-bond donors (Lipinski definition) is 0. The van der Waals surface area contributed by atoms with Crippen LogP contribution in [0.3, 0.4) is 0 Å². The van der Waals surface area contributed by atoms with Crippen molar-refractivity contribution >= 4 is 43.6 Å². The summed E-state index contributed by atoms with van der Waals surface area (Å²) >= 11 is 0. The number of nitrogens with zero attached hydrogens (tertiary/aromatic N) is 2. The second kappa shape index (κ2) is 11.5. The van der Waals surface area contributed by atoms with E-state index >= 15 is 0 Å². The van der Waals surface area contributed by atoms with Gasteiger partial charge >= 0.3 is 0 Å². The molecule has 0 radical (unpaired) electrons. The fourth-order valence-corrected chi connectivity index (χ4v) is 7.81. The highest BCUT2D eigenvalue weighted by Gasteiger charge is 2.18. The summed E-state index contributed by atoms with van der Waals surface area (Å²) in [5.74, 6) is 0. The Hall–Kier alpha value is -6.64. The number of fused-ring (bicyclic) bond motifs is 6. The zero-order valence-corrected chi connectivity index (χ0v) is 27.4. The van der Waals surface area contributed by atoms with Gasteiger partial charge in [-0.05, 0) is 82.4 Å². The van der Waals surface area contributed by atoms with E-state index in [4.69, 9.17) is 0 Å². The normalized spacial score (nSPS) is 11.6. The minimum absolute atomic E-state index is 1.16. The lowest BCUT2D eigenvalue weighted by Crippen LogP contribution is -1.98. The van der Waals surface area contributed by atoms with Crippen molar-refractivity contribution in [2.24, 2.45) is 0 Å². The number of benzene rings is 8. The molecule has 0 saturated heterocycles. The van der Waals surface area contributed by atoms with Crippen molar-refractivity contribution in [3.63, 3.8) is 0 Å². The third-order valence-electron chi connectivity index (χ3n) is 10.1. The zero-order chi connectivity index (χ0) is 33.0. The standard InChI is InChI=1S/C48H32N2/c1-3-13-33(14-4-1)36-25-29-47(42(31-36)35-15-5-2-6-16-35)50-46-22-12-9-19-41(46)43-32-37(26-30-48(43)50)34-23-27-38(28-24-34)49-44-20-10-7-17-39(44)40-18-8-11-21-45(40)49/h1-32H. The average molecular weight is 637 g/mol. The topological polar surface area (TPSA) is 9.86 Å². The molecule has 0 aliphatic heterocycles. The van der Waals surface area contributed by atoms with Crippen LogP contribution in [0.2, 0.25) is 0 Å². The molecule has 0 N–H and O–H groups in total. The second-order valence-electron chi connectivity index (χ2n) is 13.0. The predicted octanol–water partition coefficient (Wildman–Crippen LogP) is 12.9. The first-order valence-corrected chi connectivity index (χ1v) is 17.2. The van der Waals surface area contributed by atoms with Crippen molar-refractivity contribution in [2.75, 3.05) is 0 Å². The fraction of sp³-hybridized carbons (Fsp3) is 0. The average Bonchev–Trinajstić information content (AvgIpc) is 3.71. The Morgan fingerprint density at radius 3 is 1.34 bits per heavy atom. The van der Waals surface area contributed by atoms with E-state index in [0.29, 0.717) is 0 Å². The number of hydrogen-bond acceptors (Lipinski definition) is 0. The highest BCUT2D eigenvalue weighted by atomic mass is 15.0. The van der Waals surface area contributed by atoms with Crippen LogP contribution in [-0.2, 0) is 0 Å². The molecule has 2 heteroatoms. The van der Waals surface area contributed by atoms with Crippen LogP contribution in [0, 0.1) is 0 Å². The summed E-state index contributed by atoms with van der Waals surface area (Å²) in [7, 11) is 0. The van der Waals surface area contributed by atoms with E-state index in [1.807, 2.05) is 0 Å². The minimum atomic E-state index is 1.16. The Bertz CT molecular complexity index is 2790. The van der Waals surface area contributed by atoms with Gasteiger partial charge in [-0.15, -0.1) is 0 Å². The lowest BCUT2D eigenvalue weighted by molar-refractivity contribution is 1.18.